The molecule has 7 heteroatoms. The summed E-state index contributed by atoms with van der Waals surface area (Å²) in [5.74, 6) is 0.922. The minimum absolute atomic E-state index is 0. The third-order valence-electron chi connectivity index (χ3n) is 4.20. The van der Waals surface area contributed by atoms with E-state index in [9.17, 15) is 4.79 Å². The van der Waals surface area contributed by atoms with E-state index in [1.54, 1.807) is 0 Å². The van der Waals surface area contributed by atoms with Gasteiger partial charge in [0.05, 0.1) is 19.1 Å². The van der Waals surface area contributed by atoms with Gasteiger partial charge in [0.15, 0.2) is 5.96 Å². The maximum Gasteiger partial charge on any atom is 0.308 e. The fourth-order valence-electron chi connectivity index (χ4n) is 2.58. The van der Waals surface area contributed by atoms with Crippen molar-refractivity contribution in [1.29, 1.82) is 0 Å². The summed E-state index contributed by atoms with van der Waals surface area (Å²) in [5, 5.41) is 6.84. The second-order valence-corrected chi connectivity index (χ2v) is 8.12. The molecule has 1 saturated carbocycles. The van der Waals surface area contributed by atoms with Crippen LogP contribution in [0, 0.1) is 5.92 Å². The number of hydrogen-bond acceptors (Lipinski definition) is 4. The van der Waals surface area contributed by atoms with E-state index in [4.69, 9.17) is 9.73 Å². The van der Waals surface area contributed by atoms with E-state index in [2.05, 4.69) is 37.7 Å². The summed E-state index contributed by atoms with van der Waals surface area (Å²) < 4.78 is 5.27. The largest absolute Gasteiger partial charge is 0.466 e. The lowest BCUT2D eigenvalue weighted by Crippen LogP contribution is -2.46. The van der Waals surface area contributed by atoms with Gasteiger partial charge in [-0.15, -0.1) is 24.0 Å². The third-order valence-corrected chi connectivity index (χ3v) is 5.44. The zero-order chi connectivity index (χ0) is 17.3. The van der Waals surface area contributed by atoms with Crippen molar-refractivity contribution in [3.63, 3.8) is 0 Å². The van der Waals surface area contributed by atoms with Gasteiger partial charge in [-0.25, -0.2) is 0 Å². The molecule has 1 fully saturated rings. The van der Waals surface area contributed by atoms with Crippen LogP contribution in [0.5, 0.6) is 0 Å². The van der Waals surface area contributed by atoms with Crippen molar-refractivity contribution in [2.24, 2.45) is 10.9 Å². The first-order chi connectivity index (χ1) is 10.9. The number of carbonyl (C=O) groups is 1. The Morgan fingerprint density at radius 3 is 2.38 bits per heavy atom. The molecule has 1 rings (SSSR count). The summed E-state index contributed by atoms with van der Waals surface area (Å²) in [7, 11) is 0. The minimum atomic E-state index is -0.0340. The topological polar surface area (TPSA) is 62.7 Å². The Hall–Kier alpha value is -0.180. The van der Waals surface area contributed by atoms with Crippen molar-refractivity contribution in [2.75, 3.05) is 26.0 Å². The summed E-state index contributed by atoms with van der Waals surface area (Å²) in [6, 6.07) is 0.385. The molecule has 0 amide bonds. The van der Waals surface area contributed by atoms with Gasteiger partial charge in [0.25, 0.3) is 0 Å². The molecule has 0 atom stereocenters. The average molecular weight is 471 g/mol. The molecule has 0 aromatic heterocycles. The minimum Gasteiger partial charge on any atom is -0.466 e. The number of rotatable bonds is 7. The predicted octanol–water partition coefficient (Wildman–Crippen LogP) is 3.42. The molecule has 142 valence electrons. The molecule has 1 aliphatic rings. The third kappa shape index (κ3) is 8.78. The van der Waals surface area contributed by atoms with Crippen molar-refractivity contribution in [3.8, 4) is 0 Å². The van der Waals surface area contributed by atoms with Gasteiger partial charge >= 0.3 is 5.97 Å². The van der Waals surface area contributed by atoms with Crippen LogP contribution < -0.4 is 10.6 Å². The van der Waals surface area contributed by atoms with Gasteiger partial charge in [0, 0.05) is 17.3 Å². The molecule has 0 unspecified atom stereocenters. The van der Waals surface area contributed by atoms with Crippen LogP contribution in [0.4, 0.5) is 0 Å². The first-order valence-corrected chi connectivity index (χ1v) is 9.91. The molecule has 0 aromatic carbocycles. The second kappa shape index (κ2) is 12.2. The van der Waals surface area contributed by atoms with Gasteiger partial charge in [0.1, 0.15) is 0 Å². The summed E-state index contributed by atoms with van der Waals surface area (Å²) in [5.41, 5.74) is 0. The summed E-state index contributed by atoms with van der Waals surface area (Å²) in [6.45, 7) is 10.4. The van der Waals surface area contributed by atoms with Crippen molar-refractivity contribution < 1.29 is 9.53 Å². The van der Waals surface area contributed by atoms with Crippen molar-refractivity contribution in [2.45, 2.75) is 64.2 Å². The van der Waals surface area contributed by atoms with Gasteiger partial charge < -0.3 is 15.4 Å². The lowest BCUT2D eigenvalue weighted by atomic mass is 9.86. The van der Waals surface area contributed by atoms with E-state index >= 15 is 0 Å². The Labute approximate surface area is 168 Å². The van der Waals surface area contributed by atoms with E-state index in [-0.39, 0.29) is 40.6 Å². The highest BCUT2D eigenvalue weighted by Crippen LogP contribution is 2.25. The number of aliphatic imine (C=N–C) groups is 1. The van der Waals surface area contributed by atoms with Crippen LogP contribution in [-0.4, -0.2) is 48.7 Å². The number of nitrogens with zero attached hydrogens (tertiary/aromatic N) is 1. The number of esters is 1. The Bertz CT molecular complexity index is 397. The van der Waals surface area contributed by atoms with Gasteiger partial charge in [-0.3, -0.25) is 9.79 Å². The number of halogens is 1. The van der Waals surface area contributed by atoms with Crippen LogP contribution >= 0.6 is 35.7 Å². The molecule has 0 saturated heterocycles. The molecule has 0 bridgehead atoms. The quantitative estimate of drug-likeness (QED) is 0.258. The van der Waals surface area contributed by atoms with Crippen molar-refractivity contribution in [3.05, 3.63) is 0 Å². The predicted molar refractivity (Wildman–Crippen MR) is 115 cm³/mol. The van der Waals surface area contributed by atoms with Crippen molar-refractivity contribution in [1.82, 2.24) is 10.6 Å². The van der Waals surface area contributed by atoms with Gasteiger partial charge in [-0.1, -0.05) is 0 Å². The Balaban J connectivity index is 0.00000529. The molecule has 0 aromatic rings. The zero-order valence-corrected chi connectivity index (χ0v) is 18.8. The Morgan fingerprint density at radius 1 is 1.25 bits per heavy atom. The van der Waals surface area contributed by atoms with Crippen LogP contribution in [-0.2, 0) is 9.53 Å². The summed E-state index contributed by atoms with van der Waals surface area (Å²) >= 11 is 1.83. The normalized spacial score (nSPS) is 21.6. The highest BCUT2D eigenvalue weighted by Gasteiger charge is 2.27. The van der Waals surface area contributed by atoms with Gasteiger partial charge in [0.2, 0.25) is 0 Å². The molecule has 24 heavy (non-hydrogen) atoms. The maximum absolute atomic E-state index is 11.8. The number of guanidine groups is 1. The van der Waals surface area contributed by atoms with Gasteiger partial charge in [-0.2, -0.15) is 11.8 Å². The van der Waals surface area contributed by atoms with E-state index in [0.717, 1.165) is 44.7 Å². The van der Waals surface area contributed by atoms with Crippen molar-refractivity contribution >= 4 is 47.7 Å². The smallest absolute Gasteiger partial charge is 0.308 e. The van der Waals surface area contributed by atoms with Crippen LogP contribution in [0.3, 0.4) is 0 Å². The van der Waals surface area contributed by atoms with Crippen LogP contribution in [0.25, 0.3) is 0 Å². The molecule has 0 heterocycles. The van der Waals surface area contributed by atoms with Crippen LogP contribution in [0.2, 0.25) is 0 Å². The molecule has 1 aliphatic carbocycles. The van der Waals surface area contributed by atoms with Gasteiger partial charge in [-0.05, 0) is 59.6 Å². The highest BCUT2D eigenvalue weighted by molar-refractivity contribution is 14.0. The van der Waals surface area contributed by atoms with E-state index in [1.165, 1.54) is 0 Å². The number of hydrogen-bond donors (Lipinski definition) is 2. The number of carbonyl (C=O) groups excluding carboxylic acids is 1. The molecular formula is C17H34IN3O2S. The second-order valence-electron chi connectivity index (χ2n) is 6.60. The SMILES string of the molecule is CCNC(=NCC(C)(C)SC)NC1CCC(C(=O)OCC)CC1.I. The number of ether oxygens (including phenoxy) is 1. The standard InChI is InChI=1S/C17H33N3O2S.HI/c1-6-18-16(19-12-17(3,4)23-5)20-14-10-8-13(9-11-14)15(21)22-7-2;/h13-14H,6-12H2,1-5H3,(H2,18,19,20);1H. The van der Waals surface area contributed by atoms with E-state index in [1.807, 2.05) is 18.7 Å². The number of thioether (sulfide) groups is 1. The summed E-state index contributed by atoms with van der Waals surface area (Å²) in [6.07, 6.45) is 5.88. The molecule has 0 radical (unpaired) electrons. The monoisotopic (exact) mass is 471 g/mol. The molecule has 2 N–H and O–H groups in total. The van der Waals surface area contributed by atoms with Crippen LogP contribution in [0.15, 0.2) is 4.99 Å². The highest BCUT2D eigenvalue weighted by atomic mass is 127. The average Bonchev–Trinajstić information content (AvgIpc) is 2.54. The molecule has 5 nitrogen and oxygen atoms in total. The fourth-order valence-corrected chi connectivity index (χ4v) is 2.77. The van der Waals surface area contributed by atoms with Crippen LogP contribution in [0.1, 0.15) is 53.4 Å². The first-order valence-electron chi connectivity index (χ1n) is 8.68. The maximum atomic E-state index is 11.8. The summed E-state index contributed by atoms with van der Waals surface area (Å²) in [4.78, 5) is 16.5. The Kier molecular flexibility index (Phi) is 12.1. The van der Waals surface area contributed by atoms with E-state index < -0.39 is 0 Å². The molecule has 0 aliphatic heterocycles. The molecule has 0 spiro atoms. The molecular weight excluding hydrogens is 437 g/mol. The van der Waals surface area contributed by atoms with E-state index in [0.29, 0.717) is 12.6 Å². The fraction of sp³-hybridized carbons (Fsp3) is 0.882. The number of nitrogens with one attached hydrogen (secondary N) is 2. The lowest BCUT2D eigenvalue weighted by Gasteiger charge is -2.29. The first kappa shape index (κ1) is 23.8. The zero-order valence-electron chi connectivity index (χ0n) is 15.7. The Morgan fingerprint density at radius 2 is 1.88 bits per heavy atom. The lowest BCUT2D eigenvalue weighted by molar-refractivity contribution is -0.149.